The Bertz CT molecular complexity index is 1550. The Balaban J connectivity index is 1.68. The van der Waals surface area contributed by atoms with E-state index in [9.17, 15) is 0 Å². The van der Waals surface area contributed by atoms with Crippen molar-refractivity contribution in [2.45, 2.75) is 19.3 Å². The molecular formula is C33H24BrN. The van der Waals surface area contributed by atoms with Crippen molar-refractivity contribution in [3.63, 3.8) is 0 Å². The first-order valence-electron chi connectivity index (χ1n) is 12.1. The van der Waals surface area contributed by atoms with Crippen molar-refractivity contribution >= 4 is 33.0 Å². The Kier molecular flexibility index (Phi) is 4.40. The van der Waals surface area contributed by atoms with Crippen LogP contribution in [0.5, 0.6) is 0 Å². The minimum absolute atomic E-state index is 0.367. The molecule has 1 nitrogen and oxygen atoms in total. The number of benzene rings is 5. The molecule has 0 amide bonds. The summed E-state index contributed by atoms with van der Waals surface area (Å²) in [6, 6.07) is 40.4. The quantitative estimate of drug-likeness (QED) is 0.211. The largest absolute Gasteiger partial charge is 0.309 e. The van der Waals surface area contributed by atoms with Crippen molar-refractivity contribution in [3.8, 4) is 11.1 Å². The first kappa shape index (κ1) is 20.7. The predicted octanol–water partition coefficient (Wildman–Crippen LogP) is 9.21. The molecular weight excluding hydrogens is 490 g/mol. The van der Waals surface area contributed by atoms with Gasteiger partial charge in [-0.15, -0.1) is 0 Å². The molecule has 1 aliphatic carbocycles. The lowest BCUT2D eigenvalue weighted by Crippen LogP contribution is -2.36. The third-order valence-electron chi connectivity index (χ3n) is 7.64. The zero-order valence-electron chi connectivity index (χ0n) is 19.7. The Labute approximate surface area is 214 Å². The molecule has 1 aliphatic heterocycles. The van der Waals surface area contributed by atoms with Crippen LogP contribution in [-0.4, -0.2) is 0 Å². The number of aryl methyl sites for hydroxylation is 2. The summed E-state index contributed by atoms with van der Waals surface area (Å²) in [5.74, 6) is 0. The average Bonchev–Trinajstić information content (AvgIpc) is 3.15. The second-order valence-corrected chi connectivity index (χ2v) is 10.5. The van der Waals surface area contributed by atoms with Gasteiger partial charge in [0.05, 0.1) is 22.5 Å². The van der Waals surface area contributed by atoms with E-state index in [0.29, 0.717) is 0 Å². The zero-order chi connectivity index (χ0) is 23.7. The SMILES string of the molecule is Cc1ccc2c(c1)C1(c3cc(C)ccc3-2)c2ccccc2N(c2ccccc2Br)c2ccccc21. The maximum absolute atomic E-state index is 3.84. The molecule has 0 saturated carbocycles. The Morgan fingerprint density at radius 1 is 0.514 bits per heavy atom. The van der Waals surface area contributed by atoms with Crippen LogP contribution in [0.2, 0.25) is 0 Å². The van der Waals surface area contributed by atoms with Gasteiger partial charge in [0.2, 0.25) is 0 Å². The van der Waals surface area contributed by atoms with Crippen LogP contribution < -0.4 is 4.90 Å². The Hall–Kier alpha value is -3.62. The van der Waals surface area contributed by atoms with Crippen LogP contribution >= 0.6 is 15.9 Å². The number of rotatable bonds is 1. The minimum atomic E-state index is -0.367. The van der Waals surface area contributed by atoms with Crippen molar-refractivity contribution in [2.75, 3.05) is 4.90 Å². The van der Waals surface area contributed by atoms with Gasteiger partial charge in [0, 0.05) is 4.47 Å². The summed E-state index contributed by atoms with van der Waals surface area (Å²) in [5.41, 5.74) is 13.9. The van der Waals surface area contributed by atoms with Gasteiger partial charge < -0.3 is 4.90 Å². The van der Waals surface area contributed by atoms with E-state index in [2.05, 4.69) is 144 Å². The van der Waals surface area contributed by atoms with Gasteiger partial charge in [0.25, 0.3) is 0 Å². The van der Waals surface area contributed by atoms with Crippen molar-refractivity contribution in [2.24, 2.45) is 0 Å². The molecule has 0 aromatic heterocycles. The number of anilines is 3. The summed E-state index contributed by atoms with van der Waals surface area (Å²) < 4.78 is 1.08. The Morgan fingerprint density at radius 2 is 0.971 bits per heavy atom. The molecule has 0 unspecified atom stereocenters. The van der Waals surface area contributed by atoms with Crippen LogP contribution in [0.3, 0.4) is 0 Å². The number of hydrogen-bond acceptors (Lipinski definition) is 1. The molecule has 0 radical (unpaired) electrons. The number of nitrogens with zero attached hydrogens (tertiary/aromatic N) is 1. The fourth-order valence-corrected chi connectivity index (χ4v) is 6.73. The molecule has 0 saturated heterocycles. The van der Waals surface area contributed by atoms with Crippen LogP contribution in [-0.2, 0) is 5.41 Å². The molecule has 5 aromatic rings. The van der Waals surface area contributed by atoms with E-state index in [1.807, 2.05) is 0 Å². The summed E-state index contributed by atoms with van der Waals surface area (Å²) in [4.78, 5) is 2.42. The molecule has 0 fully saturated rings. The fraction of sp³-hybridized carbons (Fsp3) is 0.0909. The topological polar surface area (TPSA) is 3.24 Å². The van der Waals surface area contributed by atoms with Crippen molar-refractivity contribution in [1.82, 2.24) is 0 Å². The van der Waals surface area contributed by atoms with Gasteiger partial charge in [-0.1, -0.05) is 96.1 Å². The Morgan fingerprint density at radius 3 is 1.49 bits per heavy atom. The lowest BCUT2D eigenvalue weighted by molar-refractivity contribution is 0.751. The van der Waals surface area contributed by atoms with Crippen molar-refractivity contribution < 1.29 is 0 Å². The number of halogens is 1. The molecule has 0 atom stereocenters. The van der Waals surface area contributed by atoms with Crippen molar-refractivity contribution in [3.05, 3.63) is 147 Å². The normalized spacial score (nSPS) is 14.3. The maximum atomic E-state index is 3.84. The van der Waals surface area contributed by atoms with E-state index in [1.165, 1.54) is 55.9 Å². The van der Waals surface area contributed by atoms with Gasteiger partial charge in [-0.3, -0.25) is 0 Å². The minimum Gasteiger partial charge on any atom is -0.309 e. The number of fused-ring (bicyclic) bond motifs is 9. The van der Waals surface area contributed by atoms with E-state index in [-0.39, 0.29) is 5.41 Å². The summed E-state index contributed by atoms with van der Waals surface area (Å²) in [5, 5.41) is 0. The highest BCUT2D eigenvalue weighted by molar-refractivity contribution is 9.10. The smallest absolute Gasteiger partial charge is 0.0754 e. The van der Waals surface area contributed by atoms with Crippen LogP contribution in [0.15, 0.2) is 114 Å². The van der Waals surface area contributed by atoms with E-state index in [1.54, 1.807) is 0 Å². The summed E-state index contributed by atoms with van der Waals surface area (Å²) in [6.45, 7) is 4.41. The third kappa shape index (κ3) is 2.69. The van der Waals surface area contributed by atoms with E-state index in [4.69, 9.17) is 0 Å². The highest BCUT2D eigenvalue weighted by atomic mass is 79.9. The molecule has 2 aliphatic rings. The summed E-state index contributed by atoms with van der Waals surface area (Å²) in [6.07, 6.45) is 0. The van der Waals surface area contributed by atoms with Crippen LogP contribution in [0, 0.1) is 13.8 Å². The maximum Gasteiger partial charge on any atom is 0.0754 e. The summed E-state index contributed by atoms with van der Waals surface area (Å²) >= 11 is 3.84. The molecule has 168 valence electrons. The summed E-state index contributed by atoms with van der Waals surface area (Å²) in [7, 11) is 0. The first-order chi connectivity index (χ1) is 17.1. The van der Waals surface area contributed by atoms with Gasteiger partial charge in [0.1, 0.15) is 0 Å². The lowest BCUT2D eigenvalue weighted by Gasteiger charge is -2.45. The van der Waals surface area contributed by atoms with Gasteiger partial charge in [-0.25, -0.2) is 0 Å². The second-order valence-electron chi connectivity index (χ2n) is 9.67. The highest BCUT2D eigenvalue weighted by Crippen LogP contribution is 2.63. The van der Waals surface area contributed by atoms with Crippen LogP contribution in [0.25, 0.3) is 11.1 Å². The average molecular weight is 514 g/mol. The molecule has 5 aromatic carbocycles. The monoisotopic (exact) mass is 513 g/mol. The molecule has 7 rings (SSSR count). The van der Waals surface area contributed by atoms with Crippen LogP contribution in [0.4, 0.5) is 17.1 Å². The lowest BCUT2D eigenvalue weighted by atomic mass is 9.64. The number of para-hydroxylation sites is 3. The molecule has 0 N–H and O–H groups in total. The fourth-order valence-electron chi connectivity index (χ4n) is 6.27. The van der Waals surface area contributed by atoms with Crippen LogP contribution in [0.1, 0.15) is 33.4 Å². The molecule has 35 heavy (non-hydrogen) atoms. The molecule has 0 bridgehead atoms. The van der Waals surface area contributed by atoms with Gasteiger partial charge in [0.15, 0.2) is 0 Å². The van der Waals surface area contributed by atoms with Gasteiger partial charge in [-0.05, 0) is 87.4 Å². The molecule has 1 heterocycles. The predicted molar refractivity (Wildman–Crippen MR) is 149 cm³/mol. The van der Waals surface area contributed by atoms with Crippen molar-refractivity contribution in [1.29, 1.82) is 0 Å². The van der Waals surface area contributed by atoms with E-state index >= 15 is 0 Å². The van der Waals surface area contributed by atoms with E-state index < -0.39 is 0 Å². The standard InChI is InChI=1S/C33H24BrN/c1-21-15-17-23-24-18-16-22(2)20-28(24)33(27(23)19-21)25-9-3-6-12-30(25)35(31-13-7-4-10-26(31)33)32-14-8-5-11-29(32)34/h3-20H,1-2H3. The third-order valence-corrected chi connectivity index (χ3v) is 8.31. The van der Waals surface area contributed by atoms with Gasteiger partial charge in [-0.2, -0.15) is 0 Å². The van der Waals surface area contributed by atoms with E-state index in [0.717, 1.165) is 10.2 Å². The second kappa shape index (κ2) is 7.44. The zero-order valence-corrected chi connectivity index (χ0v) is 21.3. The highest BCUT2D eigenvalue weighted by Gasteiger charge is 2.51. The van der Waals surface area contributed by atoms with Gasteiger partial charge >= 0.3 is 0 Å². The molecule has 1 spiro atoms. The number of hydrogen-bond donors (Lipinski definition) is 0. The first-order valence-corrected chi connectivity index (χ1v) is 12.9. The molecule has 2 heteroatoms.